The van der Waals surface area contributed by atoms with Gasteiger partial charge in [-0.1, -0.05) is 45.2 Å². The Morgan fingerprint density at radius 2 is 1.59 bits per heavy atom. The van der Waals surface area contributed by atoms with Crippen LogP contribution in [0.25, 0.3) is 11.3 Å². The highest BCUT2D eigenvalue weighted by Gasteiger charge is 2.27. The first-order chi connectivity index (χ1) is 15.6. The van der Waals surface area contributed by atoms with Crippen LogP contribution >= 0.6 is 0 Å². The number of benzene rings is 1. The van der Waals surface area contributed by atoms with Crippen molar-refractivity contribution in [2.45, 2.75) is 96.0 Å². The molecule has 0 spiro atoms. The Kier molecular flexibility index (Phi) is 7.93. The summed E-state index contributed by atoms with van der Waals surface area (Å²) < 4.78 is 35.9. The van der Waals surface area contributed by atoms with E-state index in [0.717, 1.165) is 31.6 Å². The van der Waals surface area contributed by atoms with Crippen molar-refractivity contribution >= 4 is 0 Å². The van der Waals surface area contributed by atoms with Crippen LogP contribution in [0.15, 0.2) is 30.5 Å². The molecule has 1 aromatic heterocycles. The fraction of sp³-hybridized carbons (Fsp3) is 0.607. The molecule has 4 rings (SSSR count). The van der Waals surface area contributed by atoms with E-state index in [0.29, 0.717) is 23.8 Å². The maximum absolute atomic E-state index is 15.0. The minimum atomic E-state index is -0.793. The molecule has 0 N–H and O–H groups in total. The third-order valence-corrected chi connectivity index (χ3v) is 7.61. The molecule has 1 aliphatic carbocycles. The summed E-state index contributed by atoms with van der Waals surface area (Å²) >= 11 is 0. The van der Waals surface area contributed by atoms with Crippen LogP contribution in [0, 0.1) is 17.6 Å². The number of halogens is 2. The van der Waals surface area contributed by atoms with Crippen molar-refractivity contribution in [1.29, 1.82) is 0 Å². The van der Waals surface area contributed by atoms with Crippen LogP contribution in [0.4, 0.5) is 8.78 Å². The van der Waals surface area contributed by atoms with Gasteiger partial charge in [0.1, 0.15) is 0 Å². The SMILES string of the molecule is CCCC1CCC(c2ccc(-c3ccc(C4CCC(CCC)OC4)c(F)c3F)nc2)CC1. The van der Waals surface area contributed by atoms with E-state index in [1.165, 1.54) is 44.1 Å². The third kappa shape index (κ3) is 5.22. The molecule has 2 aromatic rings. The molecular weight excluding hydrogens is 404 g/mol. The van der Waals surface area contributed by atoms with Gasteiger partial charge in [-0.2, -0.15) is 0 Å². The van der Waals surface area contributed by atoms with Gasteiger partial charge in [0, 0.05) is 17.7 Å². The van der Waals surface area contributed by atoms with E-state index in [4.69, 9.17) is 4.74 Å². The average molecular weight is 442 g/mol. The Hall–Kier alpha value is -1.81. The molecule has 1 aromatic carbocycles. The number of ether oxygens (including phenoxy) is 1. The van der Waals surface area contributed by atoms with E-state index in [-0.39, 0.29) is 17.6 Å². The molecule has 2 nitrogen and oxygen atoms in total. The van der Waals surface area contributed by atoms with Crippen molar-refractivity contribution in [2.24, 2.45) is 5.92 Å². The Morgan fingerprint density at radius 1 is 0.844 bits per heavy atom. The normalized spacial score (nSPS) is 26.2. The molecule has 1 saturated carbocycles. The van der Waals surface area contributed by atoms with Gasteiger partial charge in [-0.15, -0.1) is 0 Å². The number of hydrogen-bond acceptors (Lipinski definition) is 2. The predicted molar refractivity (Wildman–Crippen MR) is 126 cm³/mol. The second kappa shape index (κ2) is 10.9. The van der Waals surface area contributed by atoms with Gasteiger partial charge in [-0.25, -0.2) is 8.78 Å². The van der Waals surface area contributed by atoms with Gasteiger partial charge in [0.2, 0.25) is 0 Å². The third-order valence-electron chi connectivity index (χ3n) is 7.61. The van der Waals surface area contributed by atoms with Gasteiger partial charge >= 0.3 is 0 Å². The first kappa shape index (κ1) is 23.4. The van der Waals surface area contributed by atoms with Crippen LogP contribution in [0.3, 0.4) is 0 Å². The van der Waals surface area contributed by atoms with E-state index in [2.05, 4.69) is 24.9 Å². The number of aromatic nitrogens is 1. The van der Waals surface area contributed by atoms with E-state index in [1.807, 2.05) is 12.3 Å². The van der Waals surface area contributed by atoms with Gasteiger partial charge in [0.15, 0.2) is 11.6 Å². The second-order valence-corrected chi connectivity index (χ2v) is 9.83. The summed E-state index contributed by atoms with van der Waals surface area (Å²) in [6, 6.07) is 7.32. The van der Waals surface area contributed by atoms with Crippen LogP contribution in [0.1, 0.15) is 101 Å². The zero-order valence-corrected chi connectivity index (χ0v) is 19.6. The van der Waals surface area contributed by atoms with Crippen molar-refractivity contribution in [2.75, 3.05) is 6.61 Å². The quantitative estimate of drug-likeness (QED) is 0.432. The van der Waals surface area contributed by atoms with Crippen molar-refractivity contribution in [3.8, 4) is 11.3 Å². The summed E-state index contributed by atoms with van der Waals surface area (Å²) in [5, 5.41) is 0. The van der Waals surface area contributed by atoms with Gasteiger partial charge in [0.05, 0.1) is 18.4 Å². The number of nitrogens with zero attached hydrogens (tertiary/aromatic N) is 1. The second-order valence-electron chi connectivity index (χ2n) is 9.83. The molecule has 2 unspecified atom stereocenters. The lowest BCUT2D eigenvalue weighted by Gasteiger charge is -2.29. The molecule has 1 aliphatic heterocycles. The van der Waals surface area contributed by atoms with Crippen molar-refractivity contribution in [1.82, 2.24) is 4.98 Å². The molecule has 2 atom stereocenters. The minimum absolute atomic E-state index is 0.0789. The highest BCUT2D eigenvalue weighted by atomic mass is 19.2. The summed E-state index contributed by atoms with van der Waals surface area (Å²) in [4.78, 5) is 4.52. The van der Waals surface area contributed by atoms with Gasteiger partial charge < -0.3 is 4.74 Å². The van der Waals surface area contributed by atoms with Crippen LogP contribution < -0.4 is 0 Å². The smallest absolute Gasteiger partial charge is 0.168 e. The lowest BCUT2D eigenvalue weighted by Crippen LogP contribution is -2.25. The fourth-order valence-corrected chi connectivity index (χ4v) is 5.68. The van der Waals surface area contributed by atoms with Gasteiger partial charge in [-0.3, -0.25) is 4.98 Å². The standard InChI is InChI=1S/C28H37F2NO/c1-3-5-19-7-9-20(10-8-19)21-12-16-26(31-17-21)25-15-14-24(27(29)28(25)30)22-11-13-23(6-4-2)32-18-22/h12,14-17,19-20,22-23H,3-11,13,18H2,1-2H3. The van der Waals surface area contributed by atoms with E-state index >= 15 is 4.39 Å². The molecule has 1 saturated heterocycles. The van der Waals surface area contributed by atoms with E-state index in [9.17, 15) is 4.39 Å². The zero-order chi connectivity index (χ0) is 22.5. The molecular formula is C28H37F2NO. The van der Waals surface area contributed by atoms with Crippen LogP contribution in [-0.4, -0.2) is 17.7 Å². The van der Waals surface area contributed by atoms with Crippen LogP contribution in [-0.2, 0) is 4.74 Å². The minimum Gasteiger partial charge on any atom is -0.378 e. The monoisotopic (exact) mass is 441 g/mol. The maximum atomic E-state index is 15.0. The number of pyridine rings is 1. The summed E-state index contributed by atoms with van der Waals surface area (Å²) in [5.41, 5.74) is 2.40. The lowest BCUT2D eigenvalue weighted by atomic mass is 9.77. The Morgan fingerprint density at radius 3 is 2.22 bits per heavy atom. The average Bonchev–Trinajstić information content (AvgIpc) is 2.83. The van der Waals surface area contributed by atoms with Gasteiger partial charge in [-0.05, 0) is 80.0 Å². The highest BCUT2D eigenvalue weighted by molar-refractivity contribution is 5.61. The molecule has 0 radical (unpaired) electrons. The topological polar surface area (TPSA) is 22.1 Å². The Labute approximate surface area is 191 Å². The zero-order valence-electron chi connectivity index (χ0n) is 19.6. The molecule has 2 fully saturated rings. The molecule has 0 amide bonds. The highest BCUT2D eigenvalue weighted by Crippen LogP contribution is 2.38. The summed E-state index contributed by atoms with van der Waals surface area (Å²) in [6.07, 6.45) is 13.6. The largest absolute Gasteiger partial charge is 0.378 e. The molecule has 0 bridgehead atoms. The first-order valence-electron chi connectivity index (χ1n) is 12.7. The predicted octanol–water partition coefficient (Wildman–Crippen LogP) is 8.16. The lowest BCUT2D eigenvalue weighted by molar-refractivity contribution is -0.00181. The maximum Gasteiger partial charge on any atom is 0.168 e. The first-order valence-corrected chi connectivity index (χ1v) is 12.7. The van der Waals surface area contributed by atoms with Gasteiger partial charge in [0.25, 0.3) is 0 Å². The summed E-state index contributed by atoms with van der Waals surface area (Å²) in [5.74, 6) is -0.212. The van der Waals surface area contributed by atoms with Crippen molar-refractivity contribution in [3.63, 3.8) is 0 Å². The fourth-order valence-electron chi connectivity index (χ4n) is 5.68. The Balaban J connectivity index is 1.43. The molecule has 32 heavy (non-hydrogen) atoms. The molecule has 174 valence electrons. The number of hydrogen-bond donors (Lipinski definition) is 0. The van der Waals surface area contributed by atoms with Crippen LogP contribution in [0.2, 0.25) is 0 Å². The summed E-state index contributed by atoms with van der Waals surface area (Å²) in [6.45, 7) is 4.87. The van der Waals surface area contributed by atoms with E-state index < -0.39 is 11.6 Å². The van der Waals surface area contributed by atoms with Crippen molar-refractivity contribution in [3.05, 3.63) is 53.2 Å². The van der Waals surface area contributed by atoms with Crippen molar-refractivity contribution < 1.29 is 13.5 Å². The molecule has 2 aliphatic rings. The molecule has 4 heteroatoms. The van der Waals surface area contributed by atoms with Crippen LogP contribution in [0.5, 0.6) is 0 Å². The molecule has 2 heterocycles. The summed E-state index contributed by atoms with van der Waals surface area (Å²) in [7, 11) is 0. The number of rotatable bonds is 7. The Bertz CT molecular complexity index is 866. The van der Waals surface area contributed by atoms with E-state index in [1.54, 1.807) is 12.1 Å².